The number of aromatic nitrogens is 1. The van der Waals surface area contributed by atoms with E-state index in [0.29, 0.717) is 5.69 Å². The molecule has 0 unspecified atom stereocenters. The van der Waals surface area contributed by atoms with Crippen LogP contribution in [-0.4, -0.2) is 36.3 Å². The van der Waals surface area contributed by atoms with Crippen molar-refractivity contribution in [2.24, 2.45) is 0 Å². The Kier molecular flexibility index (Phi) is 2.81. The number of nitrogens with one attached hydrogen (secondary N) is 1. The highest BCUT2D eigenvalue weighted by Gasteiger charge is 2.10. The van der Waals surface area contributed by atoms with Gasteiger partial charge in [-0.1, -0.05) is 0 Å². The van der Waals surface area contributed by atoms with Crippen molar-refractivity contribution in [1.29, 1.82) is 0 Å². The molecule has 0 bridgehead atoms. The van der Waals surface area contributed by atoms with Crippen LogP contribution in [0.1, 0.15) is 0 Å². The Morgan fingerprint density at radius 3 is 2.93 bits per heavy atom. The lowest BCUT2D eigenvalue weighted by atomic mass is 10.3. The monoisotopic (exact) mass is 194 g/mol. The quantitative estimate of drug-likeness (QED) is 0.710. The number of hydrogen-bond acceptors (Lipinski definition) is 5. The van der Waals surface area contributed by atoms with Gasteiger partial charge in [-0.3, -0.25) is 4.98 Å². The Morgan fingerprint density at radius 1 is 1.43 bits per heavy atom. The molecule has 1 aromatic heterocycles. The minimum atomic E-state index is 0.666. The van der Waals surface area contributed by atoms with E-state index in [-0.39, 0.29) is 0 Å². The summed E-state index contributed by atoms with van der Waals surface area (Å²) in [4.78, 5) is 3.93. The van der Waals surface area contributed by atoms with E-state index in [1.807, 2.05) is 6.07 Å². The number of nitrogens with zero attached hydrogens (tertiary/aromatic N) is 2. The molecule has 0 aliphatic carbocycles. The van der Waals surface area contributed by atoms with E-state index < -0.39 is 0 Å². The number of pyridine rings is 1. The molecular formula is C9H14N4O. The van der Waals surface area contributed by atoms with Crippen LogP contribution in [0.5, 0.6) is 0 Å². The van der Waals surface area contributed by atoms with Crippen LogP contribution in [0.4, 0.5) is 11.4 Å². The second kappa shape index (κ2) is 4.26. The molecule has 2 rings (SSSR count). The average Bonchev–Trinajstić information content (AvgIpc) is 2.23. The van der Waals surface area contributed by atoms with Crippen molar-refractivity contribution in [3.8, 4) is 0 Å². The first-order valence-corrected chi connectivity index (χ1v) is 4.65. The standard InChI is InChI=1S/C9H14N4O/c10-8-7-11-2-1-9(8)12-13-3-5-14-6-4-13/h1-2,7H,3-6,10H2,(H,11,12). The molecule has 1 fully saturated rings. The first-order valence-electron chi connectivity index (χ1n) is 4.65. The van der Waals surface area contributed by atoms with E-state index >= 15 is 0 Å². The van der Waals surface area contributed by atoms with Gasteiger partial charge in [-0.25, -0.2) is 5.01 Å². The summed E-state index contributed by atoms with van der Waals surface area (Å²) < 4.78 is 5.24. The van der Waals surface area contributed by atoms with Crippen LogP contribution >= 0.6 is 0 Å². The van der Waals surface area contributed by atoms with Crippen molar-refractivity contribution in [2.45, 2.75) is 0 Å². The average molecular weight is 194 g/mol. The summed E-state index contributed by atoms with van der Waals surface area (Å²) in [7, 11) is 0. The van der Waals surface area contributed by atoms with Gasteiger partial charge in [0.05, 0.1) is 30.8 Å². The van der Waals surface area contributed by atoms with Gasteiger partial charge in [-0.2, -0.15) is 0 Å². The van der Waals surface area contributed by atoms with E-state index in [1.165, 1.54) is 0 Å². The van der Waals surface area contributed by atoms with E-state index in [4.69, 9.17) is 10.5 Å². The van der Waals surface area contributed by atoms with Crippen LogP contribution < -0.4 is 11.2 Å². The lowest BCUT2D eigenvalue weighted by molar-refractivity contribution is 0.0497. The maximum Gasteiger partial charge on any atom is 0.0751 e. The second-order valence-electron chi connectivity index (χ2n) is 3.17. The third kappa shape index (κ3) is 2.12. The SMILES string of the molecule is Nc1cnccc1NN1CCOCC1. The van der Waals surface area contributed by atoms with Gasteiger partial charge in [0, 0.05) is 19.3 Å². The summed E-state index contributed by atoms with van der Waals surface area (Å²) >= 11 is 0. The van der Waals surface area contributed by atoms with Crippen molar-refractivity contribution in [3.63, 3.8) is 0 Å². The summed E-state index contributed by atoms with van der Waals surface area (Å²) in [5.41, 5.74) is 10.6. The maximum absolute atomic E-state index is 5.75. The second-order valence-corrected chi connectivity index (χ2v) is 3.17. The van der Waals surface area contributed by atoms with Gasteiger partial charge in [0.25, 0.3) is 0 Å². The maximum atomic E-state index is 5.75. The highest BCUT2D eigenvalue weighted by molar-refractivity contribution is 5.63. The molecule has 0 aromatic carbocycles. The van der Waals surface area contributed by atoms with Crippen molar-refractivity contribution < 1.29 is 4.74 Å². The summed E-state index contributed by atoms with van der Waals surface area (Å²) in [6.07, 6.45) is 3.36. The molecule has 5 nitrogen and oxygen atoms in total. The molecule has 0 amide bonds. The van der Waals surface area contributed by atoms with Crippen LogP contribution in [0.2, 0.25) is 0 Å². The van der Waals surface area contributed by atoms with Gasteiger partial charge >= 0.3 is 0 Å². The zero-order chi connectivity index (χ0) is 9.80. The summed E-state index contributed by atoms with van der Waals surface area (Å²) in [6.45, 7) is 3.28. The fraction of sp³-hybridized carbons (Fsp3) is 0.444. The Labute approximate surface area is 82.8 Å². The molecule has 14 heavy (non-hydrogen) atoms. The molecule has 3 N–H and O–H groups in total. The number of hydrazine groups is 1. The number of morpholine rings is 1. The van der Waals surface area contributed by atoms with Crippen LogP contribution in [0, 0.1) is 0 Å². The minimum Gasteiger partial charge on any atom is -0.396 e. The smallest absolute Gasteiger partial charge is 0.0751 e. The molecule has 1 saturated heterocycles. The molecule has 1 aromatic rings. The van der Waals surface area contributed by atoms with Gasteiger partial charge in [0.2, 0.25) is 0 Å². The zero-order valence-electron chi connectivity index (χ0n) is 7.94. The normalized spacial score (nSPS) is 18.0. The molecule has 0 spiro atoms. The van der Waals surface area contributed by atoms with E-state index in [1.54, 1.807) is 12.4 Å². The largest absolute Gasteiger partial charge is 0.396 e. The Balaban J connectivity index is 1.99. The number of nitrogen functional groups attached to an aromatic ring is 1. The van der Waals surface area contributed by atoms with Gasteiger partial charge in [-0.15, -0.1) is 0 Å². The van der Waals surface area contributed by atoms with Crippen molar-refractivity contribution >= 4 is 11.4 Å². The third-order valence-corrected chi connectivity index (χ3v) is 2.14. The molecule has 76 valence electrons. The first kappa shape index (κ1) is 9.23. The number of hydrogen-bond donors (Lipinski definition) is 2. The molecule has 1 aliphatic rings. The van der Waals surface area contributed by atoms with Crippen molar-refractivity contribution in [1.82, 2.24) is 9.99 Å². The molecule has 0 saturated carbocycles. The van der Waals surface area contributed by atoms with Crippen LogP contribution in [0.3, 0.4) is 0 Å². The van der Waals surface area contributed by atoms with E-state index in [9.17, 15) is 0 Å². The van der Waals surface area contributed by atoms with Crippen LogP contribution in [0.25, 0.3) is 0 Å². The summed E-state index contributed by atoms with van der Waals surface area (Å²) in [5.74, 6) is 0. The highest BCUT2D eigenvalue weighted by Crippen LogP contribution is 2.16. The fourth-order valence-corrected chi connectivity index (χ4v) is 1.35. The molecular weight excluding hydrogens is 180 g/mol. The topological polar surface area (TPSA) is 63.4 Å². The lowest BCUT2D eigenvalue weighted by Crippen LogP contribution is -2.40. The fourth-order valence-electron chi connectivity index (χ4n) is 1.35. The first-order chi connectivity index (χ1) is 6.86. The van der Waals surface area contributed by atoms with Gasteiger partial charge < -0.3 is 15.9 Å². The Bertz CT molecular complexity index is 299. The lowest BCUT2D eigenvalue weighted by Gasteiger charge is -2.28. The van der Waals surface area contributed by atoms with Crippen molar-refractivity contribution in [3.05, 3.63) is 18.5 Å². The number of nitrogens with two attached hydrogens (primary N) is 1. The Morgan fingerprint density at radius 2 is 2.21 bits per heavy atom. The molecule has 0 radical (unpaired) electrons. The summed E-state index contributed by atoms with van der Waals surface area (Å²) in [5, 5.41) is 2.09. The van der Waals surface area contributed by atoms with E-state index in [2.05, 4.69) is 15.4 Å². The number of ether oxygens (including phenoxy) is 1. The van der Waals surface area contributed by atoms with Gasteiger partial charge in [0.15, 0.2) is 0 Å². The highest BCUT2D eigenvalue weighted by atomic mass is 16.5. The predicted octanol–water partition coefficient (Wildman–Crippen LogP) is 0.323. The van der Waals surface area contributed by atoms with Crippen LogP contribution in [-0.2, 0) is 4.74 Å². The molecule has 5 heteroatoms. The number of anilines is 2. The third-order valence-electron chi connectivity index (χ3n) is 2.14. The summed E-state index contributed by atoms with van der Waals surface area (Å²) in [6, 6.07) is 1.87. The Hall–Kier alpha value is -1.33. The number of rotatable bonds is 2. The van der Waals surface area contributed by atoms with Crippen LogP contribution in [0.15, 0.2) is 18.5 Å². The molecule has 0 atom stereocenters. The molecule has 2 heterocycles. The van der Waals surface area contributed by atoms with E-state index in [0.717, 1.165) is 32.0 Å². The minimum absolute atomic E-state index is 0.666. The predicted molar refractivity (Wildman–Crippen MR) is 54.7 cm³/mol. The van der Waals surface area contributed by atoms with Gasteiger partial charge in [0.1, 0.15) is 0 Å². The van der Waals surface area contributed by atoms with Gasteiger partial charge in [-0.05, 0) is 6.07 Å². The molecule has 1 aliphatic heterocycles. The zero-order valence-corrected chi connectivity index (χ0v) is 7.94. The van der Waals surface area contributed by atoms with Crippen molar-refractivity contribution in [2.75, 3.05) is 37.5 Å².